The smallest absolute Gasteiger partial charge is 0.235 e. The Hall–Kier alpha value is -1.32. The van der Waals surface area contributed by atoms with E-state index in [0.29, 0.717) is 22.9 Å². The molecule has 0 saturated heterocycles. The molecule has 0 aromatic heterocycles. The predicted octanol–water partition coefficient (Wildman–Crippen LogP) is 2.58. The van der Waals surface area contributed by atoms with Gasteiger partial charge in [0.25, 0.3) is 0 Å². The van der Waals surface area contributed by atoms with E-state index in [1.54, 1.807) is 18.2 Å². The highest BCUT2D eigenvalue weighted by Crippen LogP contribution is 2.51. The fourth-order valence-electron chi connectivity index (χ4n) is 1.97. The summed E-state index contributed by atoms with van der Waals surface area (Å²) in [7, 11) is 0. The summed E-state index contributed by atoms with van der Waals surface area (Å²) in [5, 5.41) is 19.4. The van der Waals surface area contributed by atoms with Gasteiger partial charge in [0.15, 0.2) is 11.5 Å². The van der Waals surface area contributed by atoms with Crippen LogP contribution in [0.2, 0.25) is 0 Å². The molecule has 2 rings (SSSR count). The lowest BCUT2D eigenvalue weighted by Gasteiger charge is -2.37. The van der Waals surface area contributed by atoms with Crippen LogP contribution in [-0.2, 0) is 10.3 Å². The first kappa shape index (κ1) is 11.2. The molecule has 4 nitrogen and oxygen atoms in total. The highest BCUT2D eigenvalue weighted by molar-refractivity contribution is 9.10. The van der Waals surface area contributed by atoms with Crippen molar-refractivity contribution in [2.75, 3.05) is 0 Å². The van der Waals surface area contributed by atoms with Gasteiger partial charge in [-0.3, -0.25) is 0 Å². The van der Waals surface area contributed by atoms with E-state index in [1.807, 2.05) is 0 Å². The van der Waals surface area contributed by atoms with Crippen LogP contribution in [0.3, 0.4) is 0 Å². The van der Waals surface area contributed by atoms with Gasteiger partial charge in [-0.15, -0.1) is 0 Å². The maximum atomic E-state index is 10.4. The molecule has 1 aliphatic rings. The number of hydrogen-bond donors (Lipinski definition) is 2. The Morgan fingerprint density at radius 2 is 2.00 bits per heavy atom. The van der Waals surface area contributed by atoms with E-state index >= 15 is 0 Å². The fourth-order valence-corrected chi connectivity index (χ4v) is 2.29. The molecule has 1 aromatic carbocycles. The van der Waals surface area contributed by atoms with Crippen LogP contribution in [0.15, 0.2) is 21.6 Å². The predicted molar refractivity (Wildman–Crippen MR) is 61.1 cm³/mol. The molecule has 0 unspecified atom stereocenters. The monoisotopic (exact) mass is 283 g/mol. The van der Waals surface area contributed by atoms with Gasteiger partial charge in [-0.25, -0.2) is 4.79 Å². The Kier molecular flexibility index (Phi) is 2.74. The van der Waals surface area contributed by atoms with Gasteiger partial charge in [-0.2, -0.15) is 4.99 Å². The molecule has 1 aromatic rings. The van der Waals surface area contributed by atoms with Crippen molar-refractivity contribution in [1.29, 1.82) is 0 Å². The number of halogens is 1. The number of rotatable bonds is 2. The largest absolute Gasteiger partial charge is 0.504 e. The Labute approximate surface area is 101 Å². The molecular formula is C11H10BrNO3. The second kappa shape index (κ2) is 3.92. The number of isocyanates is 1. The van der Waals surface area contributed by atoms with Crippen molar-refractivity contribution in [2.24, 2.45) is 4.99 Å². The first-order chi connectivity index (χ1) is 7.60. The van der Waals surface area contributed by atoms with Crippen LogP contribution in [0, 0.1) is 0 Å². The van der Waals surface area contributed by atoms with E-state index in [9.17, 15) is 15.0 Å². The third-order valence-electron chi connectivity index (χ3n) is 3.04. The normalized spacial score (nSPS) is 17.3. The molecule has 0 amide bonds. The summed E-state index contributed by atoms with van der Waals surface area (Å²) in [5.74, 6) is -0.432. The average Bonchev–Trinajstić information content (AvgIpc) is 2.21. The Balaban J connectivity index is 2.55. The lowest BCUT2D eigenvalue weighted by Crippen LogP contribution is -2.31. The van der Waals surface area contributed by atoms with E-state index in [0.717, 1.165) is 6.42 Å². The summed E-state index contributed by atoms with van der Waals surface area (Å²) in [6.45, 7) is 0. The molecule has 0 aliphatic heterocycles. The third kappa shape index (κ3) is 1.52. The number of aromatic hydroxyl groups is 2. The molecule has 0 radical (unpaired) electrons. The van der Waals surface area contributed by atoms with Gasteiger partial charge in [0.1, 0.15) is 5.54 Å². The van der Waals surface area contributed by atoms with Crippen LogP contribution < -0.4 is 0 Å². The fraction of sp³-hybridized carbons (Fsp3) is 0.364. The van der Waals surface area contributed by atoms with Crippen LogP contribution in [0.25, 0.3) is 0 Å². The minimum absolute atomic E-state index is 0.215. The van der Waals surface area contributed by atoms with Gasteiger partial charge in [0, 0.05) is 5.56 Å². The van der Waals surface area contributed by atoms with E-state index in [-0.39, 0.29) is 11.5 Å². The molecule has 0 heterocycles. The van der Waals surface area contributed by atoms with Gasteiger partial charge in [0.2, 0.25) is 6.08 Å². The number of phenolic OH excluding ortho intramolecular Hbond substituents is 2. The minimum atomic E-state index is -0.690. The minimum Gasteiger partial charge on any atom is -0.504 e. The summed E-state index contributed by atoms with van der Waals surface area (Å²) in [6.07, 6.45) is 3.87. The van der Waals surface area contributed by atoms with Gasteiger partial charge in [-0.05, 0) is 41.3 Å². The first-order valence-electron chi connectivity index (χ1n) is 4.91. The number of nitrogens with zero attached hydrogens (tertiary/aromatic N) is 1. The Morgan fingerprint density at radius 3 is 2.50 bits per heavy atom. The molecule has 16 heavy (non-hydrogen) atoms. The zero-order valence-electron chi connectivity index (χ0n) is 8.40. The van der Waals surface area contributed by atoms with Crippen LogP contribution in [0.4, 0.5) is 0 Å². The molecule has 2 N–H and O–H groups in total. The molecule has 0 spiro atoms. The second-order valence-corrected chi connectivity index (χ2v) is 4.73. The lowest BCUT2D eigenvalue weighted by atomic mass is 9.72. The summed E-state index contributed by atoms with van der Waals surface area (Å²) >= 11 is 3.11. The third-order valence-corrected chi connectivity index (χ3v) is 3.68. The van der Waals surface area contributed by atoms with Crippen molar-refractivity contribution in [3.05, 3.63) is 22.2 Å². The van der Waals surface area contributed by atoms with E-state index in [2.05, 4.69) is 20.9 Å². The summed E-state index contributed by atoms with van der Waals surface area (Å²) in [6, 6.07) is 3.30. The average molecular weight is 284 g/mol. The lowest BCUT2D eigenvalue weighted by molar-refractivity contribution is 0.245. The molecule has 0 atom stereocenters. The van der Waals surface area contributed by atoms with E-state index < -0.39 is 5.54 Å². The maximum absolute atomic E-state index is 10.4. The van der Waals surface area contributed by atoms with Crippen LogP contribution in [0.1, 0.15) is 24.8 Å². The van der Waals surface area contributed by atoms with Gasteiger partial charge in [0.05, 0.1) is 4.47 Å². The number of benzene rings is 1. The molecule has 5 heteroatoms. The first-order valence-corrected chi connectivity index (χ1v) is 5.70. The van der Waals surface area contributed by atoms with Crippen molar-refractivity contribution in [3.8, 4) is 11.5 Å². The van der Waals surface area contributed by atoms with Crippen LogP contribution in [0.5, 0.6) is 11.5 Å². The van der Waals surface area contributed by atoms with Crippen molar-refractivity contribution in [2.45, 2.75) is 24.8 Å². The molecule has 1 saturated carbocycles. The van der Waals surface area contributed by atoms with Crippen molar-refractivity contribution in [3.63, 3.8) is 0 Å². The van der Waals surface area contributed by atoms with Crippen LogP contribution >= 0.6 is 15.9 Å². The number of phenols is 2. The topological polar surface area (TPSA) is 69.9 Å². The van der Waals surface area contributed by atoms with Gasteiger partial charge < -0.3 is 10.2 Å². The zero-order valence-corrected chi connectivity index (χ0v) is 9.99. The van der Waals surface area contributed by atoms with Crippen molar-refractivity contribution >= 4 is 22.0 Å². The summed E-state index contributed by atoms with van der Waals surface area (Å²) in [4.78, 5) is 14.2. The van der Waals surface area contributed by atoms with Crippen molar-refractivity contribution in [1.82, 2.24) is 0 Å². The molecule has 84 valence electrons. The molecular weight excluding hydrogens is 274 g/mol. The molecule has 1 aliphatic carbocycles. The molecule has 0 bridgehead atoms. The highest BCUT2D eigenvalue weighted by Gasteiger charge is 2.41. The Bertz CT molecular complexity index is 476. The number of hydrogen-bond acceptors (Lipinski definition) is 4. The standard InChI is InChI=1S/C11H10BrNO3/c12-8-3-2-7(9(15)10(8)16)11(13-6-14)4-1-5-11/h2-3,15-16H,1,4-5H2. The highest BCUT2D eigenvalue weighted by atomic mass is 79.9. The number of aliphatic imine (C=N–C) groups is 1. The Morgan fingerprint density at radius 1 is 1.31 bits per heavy atom. The second-order valence-electron chi connectivity index (χ2n) is 3.88. The van der Waals surface area contributed by atoms with Gasteiger partial charge >= 0.3 is 0 Å². The van der Waals surface area contributed by atoms with E-state index in [1.165, 1.54) is 0 Å². The van der Waals surface area contributed by atoms with E-state index in [4.69, 9.17) is 0 Å². The quantitative estimate of drug-likeness (QED) is 0.498. The summed E-state index contributed by atoms with van der Waals surface area (Å²) < 4.78 is 0.415. The van der Waals surface area contributed by atoms with Crippen LogP contribution in [-0.4, -0.2) is 16.3 Å². The summed E-state index contributed by atoms with van der Waals surface area (Å²) in [5.41, 5.74) is -0.202. The maximum Gasteiger partial charge on any atom is 0.235 e. The number of carbonyl (C=O) groups excluding carboxylic acids is 1. The zero-order chi connectivity index (χ0) is 11.8. The SMILES string of the molecule is O=C=NC1(c2ccc(Br)c(O)c2O)CCC1. The molecule has 1 fully saturated rings. The van der Waals surface area contributed by atoms with Crippen molar-refractivity contribution < 1.29 is 15.0 Å². The van der Waals surface area contributed by atoms with Gasteiger partial charge in [-0.1, -0.05) is 6.07 Å².